The molecule has 2 aromatic rings. The van der Waals surface area contributed by atoms with E-state index >= 15 is 0 Å². The first-order valence-electron chi connectivity index (χ1n) is 10.5. The number of methoxy groups -OCH3 is 1. The monoisotopic (exact) mass is 391 g/mol. The molecule has 5 rings (SSSR count). The highest BCUT2D eigenvalue weighted by molar-refractivity contribution is 6.03. The second-order valence-corrected chi connectivity index (χ2v) is 8.66. The van der Waals surface area contributed by atoms with Gasteiger partial charge in [-0.25, -0.2) is 5.01 Å². The third kappa shape index (κ3) is 2.91. The summed E-state index contributed by atoms with van der Waals surface area (Å²) in [6.45, 7) is 6.32. The van der Waals surface area contributed by atoms with Gasteiger partial charge in [-0.15, -0.1) is 0 Å². The minimum Gasteiger partial charge on any atom is -0.493 e. The van der Waals surface area contributed by atoms with Gasteiger partial charge in [-0.05, 0) is 38.6 Å². The van der Waals surface area contributed by atoms with Crippen molar-refractivity contribution in [2.75, 3.05) is 27.2 Å². The second kappa shape index (κ2) is 6.77. The molecule has 1 atom stereocenters. The summed E-state index contributed by atoms with van der Waals surface area (Å²) in [6, 6.07) is 13.0. The van der Waals surface area contributed by atoms with E-state index in [-0.39, 0.29) is 6.04 Å². The number of rotatable bonds is 2. The fourth-order valence-electron chi connectivity index (χ4n) is 4.94. The molecule has 5 heteroatoms. The Labute approximate surface area is 172 Å². The third-order valence-electron chi connectivity index (χ3n) is 6.68. The summed E-state index contributed by atoms with van der Waals surface area (Å²) in [5.74, 6) is 1.72. The van der Waals surface area contributed by atoms with E-state index in [0.29, 0.717) is 0 Å². The van der Waals surface area contributed by atoms with Crippen LogP contribution in [-0.4, -0.2) is 48.6 Å². The molecule has 0 radical (unpaired) electrons. The number of piperidine rings is 1. The lowest BCUT2D eigenvalue weighted by molar-refractivity contribution is -0.148. The van der Waals surface area contributed by atoms with Crippen LogP contribution in [0.2, 0.25) is 0 Å². The molecule has 0 aliphatic carbocycles. The molecule has 0 unspecified atom stereocenters. The molecule has 5 nitrogen and oxygen atoms in total. The highest BCUT2D eigenvalue weighted by Gasteiger charge is 2.52. The van der Waals surface area contributed by atoms with Crippen LogP contribution in [0.5, 0.6) is 11.5 Å². The molecule has 29 heavy (non-hydrogen) atoms. The van der Waals surface area contributed by atoms with Gasteiger partial charge in [0.05, 0.1) is 18.9 Å². The molecule has 0 N–H and O–H groups in total. The zero-order valence-corrected chi connectivity index (χ0v) is 17.7. The van der Waals surface area contributed by atoms with Gasteiger partial charge in [-0.2, -0.15) is 5.10 Å². The van der Waals surface area contributed by atoms with Crippen LogP contribution in [0.25, 0.3) is 0 Å². The van der Waals surface area contributed by atoms with E-state index in [9.17, 15) is 0 Å². The first-order valence-corrected chi connectivity index (χ1v) is 10.5. The Morgan fingerprint density at radius 1 is 1.14 bits per heavy atom. The average molecular weight is 392 g/mol. The van der Waals surface area contributed by atoms with Crippen LogP contribution in [0.1, 0.15) is 47.6 Å². The Morgan fingerprint density at radius 3 is 2.69 bits per heavy atom. The van der Waals surface area contributed by atoms with E-state index < -0.39 is 5.72 Å². The lowest BCUT2D eigenvalue weighted by atomic mass is 9.90. The Bertz CT molecular complexity index is 976. The van der Waals surface area contributed by atoms with Crippen molar-refractivity contribution in [3.63, 3.8) is 0 Å². The summed E-state index contributed by atoms with van der Waals surface area (Å²) < 4.78 is 12.4. The average Bonchev–Trinajstić information content (AvgIpc) is 3.18. The number of hydrazone groups is 1. The van der Waals surface area contributed by atoms with Crippen LogP contribution in [0, 0.1) is 13.8 Å². The Balaban J connectivity index is 1.63. The van der Waals surface area contributed by atoms with Crippen molar-refractivity contribution in [3.05, 3.63) is 58.7 Å². The van der Waals surface area contributed by atoms with Crippen molar-refractivity contribution in [3.8, 4) is 11.5 Å². The number of benzene rings is 2. The van der Waals surface area contributed by atoms with Gasteiger partial charge in [-0.1, -0.05) is 29.8 Å². The quantitative estimate of drug-likeness (QED) is 0.766. The van der Waals surface area contributed by atoms with Crippen molar-refractivity contribution in [1.82, 2.24) is 9.91 Å². The van der Waals surface area contributed by atoms with Gasteiger partial charge in [0.1, 0.15) is 0 Å². The first-order chi connectivity index (χ1) is 14.0. The fourth-order valence-corrected chi connectivity index (χ4v) is 4.94. The Hall–Kier alpha value is -2.53. The van der Waals surface area contributed by atoms with Gasteiger partial charge < -0.3 is 14.4 Å². The number of likely N-dealkylation sites (tertiary alicyclic amines) is 1. The van der Waals surface area contributed by atoms with E-state index in [1.165, 1.54) is 22.3 Å². The maximum absolute atomic E-state index is 6.75. The molecule has 3 aliphatic heterocycles. The maximum atomic E-state index is 6.75. The summed E-state index contributed by atoms with van der Waals surface area (Å²) in [5.41, 5.74) is 5.74. The molecular weight excluding hydrogens is 362 g/mol. The normalized spacial score (nSPS) is 22.7. The molecule has 3 aliphatic rings. The lowest BCUT2D eigenvalue weighted by Crippen LogP contribution is -2.58. The molecule has 0 saturated carbocycles. The van der Waals surface area contributed by atoms with Crippen molar-refractivity contribution in [2.24, 2.45) is 5.10 Å². The summed E-state index contributed by atoms with van der Waals surface area (Å²) in [7, 11) is 3.90. The number of ether oxygens (including phenoxy) is 2. The van der Waals surface area contributed by atoms with E-state index in [1.807, 2.05) is 6.07 Å². The van der Waals surface area contributed by atoms with Gasteiger partial charge in [0.2, 0.25) is 5.72 Å². The topological polar surface area (TPSA) is 37.3 Å². The molecule has 3 heterocycles. The van der Waals surface area contributed by atoms with Gasteiger partial charge in [0.15, 0.2) is 11.5 Å². The molecule has 1 saturated heterocycles. The van der Waals surface area contributed by atoms with Crippen LogP contribution in [0.15, 0.2) is 41.5 Å². The summed E-state index contributed by atoms with van der Waals surface area (Å²) >= 11 is 0. The third-order valence-corrected chi connectivity index (χ3v) is 6.68. The highest BCUT2D eigenvalue weighted by Crippen LogP contribution is 2.52. The molecule has 152 valence electrons. The Morgan fingerprint density at radius 2 is 1.93 bits per heavy atom. The predicted molar refractivity (Wildman–Crippen MR) is 115 cm³/mol. The van der Waals surface area contributed by atoms with Crippen molar-refractivity contribution < 1.29 is 9.47 Å². The molecule has 0 aromatic heterocycles. The second-order valence-electron chi connectivity index (χ2n) is 8.66. The SMILES string of the molecule is COc1cccc2c1OC1(CCN(C)CC1)N1N=C(c3cc(C)ccc3C)C[C@H]21. The first kappa shape index (κ1) is 18.5. The van der Waals surface area contributed by atoms with Crippen LogP contribution in [-0.2, 0) is 0 Å². The molecule has 0 bridgehead atoms. The zero-order valence-electron chi connectivity index (χ0n) is 17.7. The summed E-state index contributed by atoms with van der Waals surface area (Å²) in [4.78, 5) is 2.37. The van der Waals surface area contributed by atoms with E-state index in [4.69, 9.17) is 14.6 Å². The van der Waals surface area contributed by atoms with Crippen LogP contribution < -0.4 is 9.47 Å². The number of para-hydroxylation sites is 1. The van der Waals surface area contributed by atoms with Gasteiger partial charge in [0.25, 0.3) is 0 Å². The number of aryl methyl sites for hydroxylation is 2. The fraction of sp³-hybridized carbons (Fsp3) is 0.458. The minimum absolute atomic E-state index is 0.187. The van der Waals surface area contributed by atoms with Crippen molar-refractivity contribution in [1.29, 1.82) is 0 Å². The number of hydrogen-bond donors (Lipinski definition) is 0. The van der Waals surface area contributed by atoms with Crippen molar-refractivity contribution in [2.45, 2.75) is 44.9 Å². The van der Waals surface area contributed by atoms with Gasteiger partial charge >= 0.3 is 0 Å². The smallest absolute Gasteiger partial charge is 0.200 e. The molecular formula is C24H29N3O2. The lowest BCUT2D eigenvalue weighted by Gasteiger charge is -2.50. The molecule has 0 amide bonds. The van der Waals surface area contributed by atoms with E-state index in [2.05, 4.69) is 61.1 Å². The summed E-state index contributed by atoms with van der Waals surface area (Å²) in [6.07, 6.45) is 2.76. The zero-order chi connectivity index (χ0) is 20.2. The maximum Gasteiger partial charge on any atom is 0.200 e. The van der Waals surface area contributed by atoms with Crippen LogP contribution in [0.4, 0.5) is 0 Å². The molecule has 1 spiro atoms. The van der Waals surface area contributed by atoms with E-state index in [0.717, 1.165) is 49.6 Å². The minimum atomic E-state index is -0.404. The Kier molecular flexibility index (Phi) is 4.32. The standard InChI is InChI=1S/C24H29N3O2/c1-16-8-9-17(2)19(14-16)20-15-21-18-6-5-7-22(28-4)23(18)29-24(27(21)25-20)10-12-26(3)13-11-24/h5-9,14,21H,10-13,15H2,1-4H3/t21-/m1/s1. The highest BCUT2D eigenvalue weighted by atomic mass is 16.5. The van der Waals surface area contributed by atoms with Crippen molar-refractivity contribution >= 4 is 5.71 Å². The summed E-state index contributed by atoms with van der Waals surface area (Å²) in [5, 5.41) is 7.48. The number of nitrogens with zero attached hydrogens (tertiary/aromatic N) is 3. The van der Waals surface area contributed by atoms with Gasteiger partial charge in [-0.3, -0.25) is 0 Å². The molecule has 2 aromatic carbocycles. The predicted octanol–water partition coefficient (Wildman–Crippen LogP) is 4.28. The van der Waals surface area contributed by atoms with Gasteiger partial charge in [0, 0.05) is 43.5 Å². The van der Waals surface area contributed by atoms with E-state index in [1.54, 1.807) is 7.11 Å². The number of fused-ring (bicyclic) bond motifs is 4. The van der Waals surface area contributed by atoms with Crippen LogP contribution in [0.3, 0.4) is 0 Å². The largest absolute Gasteiger partial charge is 0.493 e. The molecule has 1 fully saturated rings. The number of hydrogen-bond acceptors (Lipinski definition) is 5. The van der Waals surface area contributed by atoms with Crippen LogP contribution >= 0.6 is 0 Å².